The highest BCUT2D eigenvalue weighted by atomic mass is 16.4. The molecule has 90 valence electrons. The second kappa shape index (κ2) is 4.91. The number of hydrogen-bond acceptors (Lipinski definition) is 3. The van der Waals surface area contributed by atoms with Crippen LogP contribution in [0.2, 0.25) is 0 Å². The molecule has 0 unspecified atom stereocenters. The lowest BCUT2D eigenvalue weighted by atomic mass is 9.93. The van der Waals surface area contributed by atoms with E-state index in [1.165, 1.54) is 13.0 Å². The van der Waals surface area contributed by atoms with Crippen molar-refractivity contribution in [1.29, 1.82) is 0 Å². The third-order valence-electron chi connectivity index (χ3n) is 2.59. The quantitative estimate of drug-likeness (QED) is 0.640. The third-order valence-corrected chi connectivity index (χ3v) is 2.59. The molecule has 1 rings (SSSR count). The third kappa shape index (κ3) is 2.78. The molecule has 4 heteroatoms. The molecule has 0 aliphatic rings. The molecule has 0 bridgehead atoms. The monoisotopic (exact) mass is 234 g/mol. The molecule has 0 aromatic heterocycles. The van der Waals surface area contributed by atoms with Gasteiger partial charge in [0.25, 0.3) is 0 Å². The van der Waals surface area contributed by atoms with Gasteiger partial charge in [0.05, 0.1) is 12.0 Å². The Kier molecular flexibility index (Phi) is 3.78. The molecule has 0 radical (unpaired) electrons. The van der Waals surface area contributed by atoms with Gasteiger partial charge >= 0.3 is 5.97 Å². The van der Waals surface area contributed by atoms with E-state index in [-0.39, 0.29) is 23.6 Å². The van der Waals surface area contributed by atoms with Gasteiger partial charge in [-0.25, -0.2) is 4.79 Å². The molecule has 0 amide bonds. The van der Waals surface area contributed by atoms with Gasteiger partial charge in [0.2, 0.25) is 0 Å². The molecule has 0 saturated carbocycles. The highest BCUT2D eigenvalue weighted by Gasteiger charge is 2.18. The summed E-state index contributed by atoms with van der Waals surface area (Å²) in [5.74, 6) is -1.62. The van der Waals surface area contributed by atoms with E-state index in [9.17, 15) is 14.4 Å². The molecule has 4 nitrogen and oxygen atoms in total. The molecule has 0 fully saturated rings. The van der Waals surface area contributed by atoms with Gasteiger partial charge in [-0.3, -0.25) is 9.59 Å². The Bertz CT molecular complexity index is 500. The lowest BCUT2D eigenvalue weighted by Gasteiger charge is -2.10. The van der Waals surface area contributed by atoms with E-state index in [1.54, 1.807) is 19.9 Å². The Balaban J connectivity index is 3.32. The summed E-state index contributed by atoms with van der Waals surface area (Å²) in [6, 6.07) is 3.06. The van der Waals surface area contributed by atoms with Gasteiger partial charge in [-0.1, -0.05) is 6.07 Å². The maximum Gasteiger partial charge on any atom is 0.335 e. The first-order chi connectivity index (χ1) is 7.84. The summed E-state index contributed by atoms with van der Waals surface area (Å²) in [6.45, 7) is 4.65. The molecule has 1 aromatic carbocycles. The molecule has 1 aromatic rings. The van der Waals surface area contributed by atoms with Crippen LogP contribution in [-0.4, -0.2) is 22.6 Å². The molecular weight excluding hydrogens is 220 g/mol. The van der Waals surface area contributed by atoms with Gasteiger partial charge < -0.3 is 5.11 Å². The molecule has 0 saturated heterocycles. The summed E-state index contributed by atoms with van der Waals surface area (Å²) in [5.41, 5.74) is 1.56. The average Bonchev–Trinajstić information content (AvgIpc) is 2.15. The normalized spacial score (nSPS) is 10.1. The first kappa shape index (κ1) is 13.1. The van der Waals surface area contributed by atoms with Crippen LogP contribution in [0.3, 0.4) is 0 Å². The van der Waals surface area contributed by atoms with Crippen LogP contribution in [-0.2, 0) is 4.79 Å². The van der Waals surface area contributed by atoms with Crippen molar-refractivity contribution >= 4 is 17.5 Å². The number of aryl methyl sites for hydroxylation is 1. The standard InChI is InChI=1S/C13H14O4/c1-7-4-5-10(13(16)17)9(3)12(7)11(15)6-8(2)14/h4-5H,6H2,1-3H3,(H,16,17). The van der Waals surface area contributed by atoms with E-state index in [2.05, 4.69) is 0 Å². The van der Waals surface area contributed by atoms with Gasteiger partial charge in [-0.05, 0) is 38.0 Å². The molecule has 1 N–H and O–H groups in total. The zero-order valence-corrected chi connectivity index (χ0v) is 10.0. The van der Waals surface area contributed by atoms with Gasteiger partial charge in [0.1, 0.15) is 5.78 Å². The number of Topliss-reactive ketones (excluding diaryl/α,β-unsaturated/α-hetero) is 2. The summed E-state index contributed by atoms with van der Waals surface area (Å²) in [7, 11) is 0. The second-order valence-electron chi connectivity index (χ2n) is 4.04. The van der Waals surface area contributed by atoms with E-state index in [0.29, 0.717) is 16.7 Å². The number of ketones is 2. The van der Waals surface area contributed by atoms with Crippen molar-refractivity contribution in [2.45, 2.75) is 27.2 Å². The van der Waals surface area contributed by atoms with Crippen LogP contribution in [0.15, 0.2) is 12.1 Å². The van der Waals surface area contributed by atoms with Crippen LogP contribution in [0.25, 0.3) is 0 Å². The summed E-state index contributed by atoms with van der Waals surface area (Å²) in [5, 5.41) is 8.97. The summed E-state index contributed by atoms with van der Waals surface area (Å²) < 4.78 is 0. The summed E-state index contributed by atoms with van der Waals surface area (Å²) >= 11 is 0. The number of aromatic carboxylic acids is 1. The van der Waals surface area contributed by atoms with Crippen molar-refractivity contribution < 1.29 is 19.5 Å². The highest BCUT2D eigenvalue weighted by Crippen LogP contribution is 2.20. The van der Waals surface area contributed by atoms with Crippen LogP contribution in [0.4, 0.5) is 0 Å². The molecule has 0 aliphatic heterocycles. The van der Waals surface area contributed by atoms with E-state index in [0.717, 1.165) is 0 Å². The smallest absolute Gasteiger partial charge is 0.335 e. The largest absolute Gasteiger partial charge is 0.478 e. The van der Waals surface area contributed by atoms with E-state index in [4.69, 9.17) is 5.11 Å². The number of carboxylic acid groups (broad SMARTS) is 1. The SMILES string of the molecule is CC(=O)CC(=O)c1c(C)ccc(C(=O)O)c1C. The van der Waals surface area contributed by atoms with Gasteiger partial charge in [-0.15, -0.1) is 0 Å². The molecule has 0 heterocycles. The Hall–Kier alpha value is -1.97. The van der Waals surface area contributed by atoms with Crippen molar-refractivity contribution in [1.82, 2.24) is 0 Å². The van der Waals surface area contributed by atoms with Crippen molar-refractivity contribution in [2.75, 3.05) is 0 Å². The zero-order valence-electron chi connectivity index (χ0n) is 10.0. The number of benzene rings is 1. The van der Waals surface area contributed by atoms with Crippen LogP contribution < -0.4 is 0 Å². The molecular formula is C13H14O4. The predicted octanol–water partition coefficient (Wildman–Crippen LogP) is 2.16. The molecule has 0 aliphatic carbocycles. The Morgan fingerprint density at radius 3 is 2.24 bits per heavy atom. The Morgan fingerprint density at radius 2 is 1.76 bits per heavy atom. The first-order valence-electron chi connectivity index (χ1n) is 5.20. The fourth-order valence-corrected chi connectivity index (χ4v) is 1.82. The van der Waals surface area contributed by atoms with Crippen molar-refractivity contribution in [3.63, 3.8) is 0 Å². The predicted molar refractivity (Wildman–Crippen MR) is 62.5 cm³/mol. The van der Waals surface area contributed by atoms with Gasteiger partial charge in [0.15, 0.2) is 5.78 Å². The number of carbonyl (C=O) groups is 3. The summed E-state index contributed by atoms with van der Waals surface area (Å²) in [4.78, 5) is 33.7. The van der Waals surface area contributed by atoms with E-state index < -0.39 is 5.97 Å². The number of carbonyl (C=O) groups excluding carboxylic acids is 2. The van der Waals surface area contributed by atoms with Crippen LogP contribution in [0.1, 0.15) is 45.2 Å². The van der Waals surface area contributed by atoms with Crippen LogP contribution >= 0.6 is 0 Å². The maximum absolute atomic E-state index is 11.9. The Labute approximate surface area is 99.3 Å². The molecule has 17 heavy (non-hydrogen) atoms. The van der Waals surface area contributed by atoms with E-state index >= 15 is 0 Å². The zero-order chi connectivity index (χ0) is 13.2. The lowest BCUT2D eigenvalue weighted by molar-refractivity contribution is -0.116. The highest BCUT2D eigenvalue weighted by molar-refractivity contribution is 6.10. The van der Waals surface area contributed by atoms with Crippen molar-refractivity contribution in [3.05, 3.63) is 34.4 Å². The van der Waals surface area contributed by atoms with Gasteiger partial charge in [-0.2, -0.15) is 0 Å². The first-order valence-corrected chi connectivity index (χ1v) is 5.20. The number of carboxylic acids is 1. The summed E-state index contributed by atoms with van der Waals surface area (Å²) in [6.07, 6.45) is -0.190. The topological polar surface area (TPSA) is 71.4 Å². The fourth-order valence-electron chi connectivity index (χ4n) is 1.82. The Morgan fingerprint density at radius 1 is 1.18 bits per heavy atom. The minimum Gasteiger partial charge on any atom is -0.478 e. The molecule has 0 spiro atoms. The van der Waals surface area contributed by atoms with Crippen LogP contribution in [0, 0.1) is 13.8 Å². The van der Waals surface area contributed by atoms with Crippen molar-refractivity contribution in [2.24, 2.45) is 0 Å². The molecule has 0 atom stereocenters. The lowest BCUT2D eigenvalue weighted by Crippen LogP contribution is -2.12. The number of rotatable bonds is 4. The second-order valence-corrected chi connectivity index (χ2v) is 4.04. The number of hydrogen-bond donors (Lipinski definition) is 1. The van der Waals surface area contributed by atoms with Crippen LogP contribution in [0.5, 0.6) is 0 Å². The minimum absolute atomic E-state index is 0.0995. The van der Waals surface area contributed by atoms with Gasteiger partial charge in [0, 0.05) is 5.56 Å². The maximum atomic E-state index is 11.9. The minimum atomic E-state index is -1.07. The van der Waals surface area contributed by atoms with E-state index in [1.807, 2.05) is 0 Å². The van der Waals surface area contributed by atoms with Crippen molar-refractivity contribution in [3.8, 4) is 0 Å². The fraction of sp³-hybridized carbons (Fsp3) is 0.308. The average molecular weight is 234 g/mol.